The second kappa shape index (κ2) is 10.0. The molecule has 4 rings (SSSR count). The molecule has 1 aliphatic carbocycles. The summed E-state index contributed by atoms with van der Waals surface area (Å²) in [6, 6.07) is 13.0. The van der Waals surface area contributed by atoms with Crippen LogP contribution in [0.25, 0.3) is 0 Å². The van der Waals surface area contributed by atoms with Crippen molar-refractivity contribution in [3.63, 3.8) is 0 Å². The highest BCUT2D eigenvalue weighted by Crippen LogP contribution is 2.49. The maximum atomic E-state index is 13.7. The van der Waals surface area contributed by atoms with Gasteiger partial charge >= 0.3 is 5.97 Å². The Morgan fingerprint density at radius 2 is 1.82 bits per heavy atom. The third-order valence-corrected chi connectivity index (χ3v) is 6.79. The number of ketones is 1. The molecule has 1 aliphatic heterocycles. The summed E-state index contributed by atoms with van der Waals surface area (Å²) in [5.41, 5.74) is 3.64. The third-order valence-electron chi connectivity index (χ3n) is 6.54. The summed E-state index contributed by atoms with van der Waals surface area (Å²) in [5.74, 6) is -0.546. The second-order valence-corrected chi connectivity index (χ2v) is 8.95. The fourth-order valence-corrected chi connectivity index (χ4v) is 5.11. The minimum absolute atomic E-state index is 0.00735. The summed E-state index contributed by atoms with van der Waals surface area (Å²) >= 11 is 6.06. The molecule has 34 heavy (non-hydrogen) atoms. The van der Waals surface area contributed by atoms with Crippen LogP contribution in [0.4, 0.5) is 0 Å². The first-order valence-corrected chi connectivity index (χ1v) is 11.7. The number of benzene rings is 2. The number of rotatable bonds is 6. The van der Waals surface area contributed by atoms with E-state index in [-0.39, 0.29) is 18.3 Å². The zero-order chi connectivity index (χ0) is 24.4. The molecule has 2 aromatic carbocycles. The maximum absolute atomic E-state index is 13.7. The van der Waals surface area contributed by atoms with Gasteiger partial charge in [0.2, 0.25) is 0 Å². The average molecular weight is 482 g/mol. The Morgan fingerprint density at radius 1 is 1.09 bits per heavy atom. The van der Waals surface area contributed by atoms with Crippen LogP contribution in [0.3, 0.4) is 0 Å². The Balaban J connectivity index is 1.86. The third kappa shape index (κ3) is 4.47. The highest BCUT2D eigenvalue weighted by atomic mass is 35.5. The summed E-state index contributed by atoms with van der Waals surface area (Å²) in [4.78, 5) is 31.6. The standard InChI is InChI=1S/C27H28ClNO5/c1-5-34-27(31)24-15(2)29-21-12-17(16-6-8-18(28)9-7-16)13-22(30)26(21)25(24)20-14-19(32-3)10-11-23(20)33-4/h6-11,14,17,24-25H,5,12-13H2,1-4H3/t17-,24?,25-/m0/s1. The van der Waals surface area contributed by atoms with Crippen LogP contribution in [0.15, 0.2) is 58.7 Å². The average Bonchev–Trinajstić information content (AvgIpc) is 2.83. The number of carbonyl (C=O) groups excluding carboxylic acids is 2. The lowest BCUT2D eigenvalue weighted by Gasteiger charge is -2.37. The Labute approximate surface area is 204 Å². The molecule has 0 saturated heterocycles. The lowest BCUT2D eigenvalue weighted by Crippen LogP contribution is -2.38. The first kappa shape index (κ1) is 24.0. The van der Waals surface area contributed by atoms with E-state index < -0.39 is 17.8 Å². The molecule has 6 nitrogen and oxygen atoms in total. The van der Waals surface area contributed by atoms with Gasteiger partial charge in [0.15, 0.2) is 5.78 Å². The normalized spacial score (nSPS) is 22.1. The van der Waals surface area contributed by atoms with E-state index >= 15 is 0 Å². The van der Waals surface area contributed by atoms with Crippen molar-refractivity contribution in [2.45, 2.75) is 38.5 Å². The summed E-state index contributed by atoms with van der Waals surface area (Å²) < 4.78 is 16.5. The molecule has 0 radical (unpaired) electrons. The number of Topliss-reactive ketones (excluding diaryl/α,β-unsaturated/α-hetero) is 1. The zero-order valence-electron chi connectivity index (χ0n) is 19.8. The van der Waals surface area contributed by atoms with E-state index in [1.54, 1.807) is 33.3 Å². The Bertz CT molecular complexity index is 1170. The largest absolute Gasteiger partial charge is 0.497 e. The predicted octanol–water partition coefficient (Wildman–Crippen LogP) is 5.50. The van der Waals surface area contributed by atoms with Crippen molar-refractivity contribution in [1.29, 1.82) is 0 Å². The number of ether oxygens (including phenoxy) is 3. The number of halogens is 1. The first-order valence-electron chi connectivity index (χ1n) is 11.3. The molecule has 0 fully saturated rings. The Hall–Kier alpha value is -3.12. The first-order chi connectivity index (χ1) is 16.4. The van der Waals surface area contributed by atoms with E-state index in [1.807, 2.05) is 37.3 Å². The van der Waals surface area contributed by atoms with Gasteiger partial charge in [0, 0.05) is 39.9 Å². The SMILES string of the molecule is CCOC(=O)C1C(C)=NC2=C(C(=O)C[C@@H](c3ccc(Cl)cc3)C2)[C@H]1c1cc(OC)ccc1OC. The smallest absolute Gasteiger partial charge is 0.315 e. The van der Waals surface area contributed by atoms with Crippen molar-refractivity contribution in [1.82, 2.24) is 0 Å². The van der Waals surface area contributed by atoms with Crippen molar-refractivity contribution in [2.75, 3.05) is 20.8 Å². The topological polar surface area (TPSA) is 74.2 Å². The van der Waals surface area contributed by atoms with Crippen molar-refractivity contribution in [2.24, 2.45) is 10.9 Å². The number of hydrogen-bond acceptors (Lipinski definition) is 6. The molecule has 7 heteroatoms. The van der Waals surface area contributed by atoms with Gasteiger partial charge in [-0.3, -0.25) is 14.6 Å². The van der Waals surface area contributed by atoms with Crippen LogP contribution in [-0.4, -0.2) is 38.3 Å². The van der Waals surface area contributed by atoms with Gasteiger partial charge in [0.05, 0.1) is 20.8 Å². The lowest BCUT2D eigenvalue weighted by atomic mass is 9.69. The molecule has 0 aromatic heterocycles. The molecule has 3 atom stereocenters. The molecule has 1 unspecified atom stereocenters. The Morgan fingerprint density at radius 3 is 2.47 bits per heavy atom. The van der Waals surface area contributed by atoms with E-state index in [2.05, 4.69) is 0 Å². The summed E-state index contributed by atoms with van der Waals surface area (Å²) in [5, 5.41) is 0.653. The quantitative estimate of drug-likeness (QED) is 0.509. The molecule has 0 amide bonds. The summed E-state index contributed by atoms with van der Waals surface area (Å²) in [6.07, 6.45) is 0.922. The van der Waals surface area contributed by atoms with Gasteiger partial charge in [0.25, 0.3) is 0 Å². The van der Waals surface area contributed by atoms with Gasteiger partial charge in [-0.05, 0) is 62.1 Å². The molecule has 178 valence electrons. The molecule has 0 saturated carbocycles. The van der Waals surface area contributed by atoms with E-state index in [4.69, 9.17) is 30.8 Å². The summed E-state index contributed by atoms with van der Waals surface area (Å²) in [7, 11) is 3.15. The van der Waals surface area contributed by atoms with Gasteiger partial charge in [-0.15, -0.1) is 0 Å². The number of hydrogen-bond donors (Lipinski definition) is 0. The van der Waals surface area contributed by atoms with Crippen LogP contribution >= 0.6 is 11.6 Å². The molecule has 0 N–H and O–H groups in total. The van der Waals surface area contributed by atoms with Crippen molar-refractivity contribution in [3.8, 4) is 11.5 Å². The van der Waals surface area contributed by atoms with E-state index in [0.717, 1.165) is 5.56 Å². The number of carbonyl (C=O) groups is 2. The van der Waals surface area contributed by atoms with Gasteiger partial charge in [0.1, 0.15) is 17.4 Å². The molecule has 1 heterocycles. The van der Waals surface area contributed by atoms with Crippen LogP contribution in [0.1, 0.15) is 49.7 Å². The number of nitrogens with zero attached hydrogens (tertiary/aromatic N) is 1. The molecule has 0 spiro atoms. The molecular weight excluding hydrogens is 454 g/mol. The van der Waals surface area contributed by atoms with Gasteiger partial charge in [-0.25, -0.2) is 0 Å². The number of allylic oxidation sites excluding steroid dienone is 2. The molecule has 2 aromatic rings. The minimum atomic E-state index is -0.726. The van der Waals surface area contributed by atoms with Gasteiger partial charge < -0.3 is 14.2 Å². The van der Waals surface area contributed by atoms with Crippen molar-refractivity contribution in [3.05, 3.63) is 69.9 Å². The van der Waals surface area contributed by atoms with Gasteiger partial charge in [-0.2, -0.15) is 0 Å². The van der Waals surface area contributed by atoms with E-state index in [9.17, 15) is 9.59 Å². The van der Waals surface area contributed by atoms with Crippen LogP contribution in [-0.2, 0) is 14.3 Å². The van der Waals surface area contributed by atoms with E-state index in [0.29, 0.717) is 51.9 Å². The van der Waals surface area contributed by atoms with Crippen LogP contribution in [0.5, 0.6) is 11.5 Å². The fourth-order valence-electron chi connectivity index (χ4n) is 4.99. The molecular formula is C27H28ClNO5. The zero-order valence-corrected chi connectivity index (χ0v) is 20.5. The molecule has 2 aliphatic rings. The lowest BCUT2D eigenvalue weighted by molar-refractivity contribution is -0.146. The van der Waals surface area contributed by atoms with Gasteiger partial charge in [-0.1, -0.05) is 23.7 Å². The fraction of sp³-hybridized carbons (Fsp3) is 0.370. The highest BCUT2D eigenvalue weighted by molar-refractivity contribution is 6.30. The second-order valence-electron chi connectivity index (χ2n) is 8.51. The van der Waals surface area contributed by atoms with Crippen molar-refractivity contribution < 1.29 is 23.8 Å². The maximum Gasteiger partial charge on any atom is 0.315 e. The minimum Gasteiger partial charge on any atom is -0.497 e. The van der Waals surface area contributed by atoms with Crippen molar-refractivity contribution >= 4 is 29.1 Å². The monoisotopic (exact) mass is 481 g/mol. The summed E-state index contributed by atoms with van der Waals surface area (Å²) in [6.45, 7) is 3.83. The number of aliphatic imine (C=N–C) groups is 1. The Kier molecular flexibility index (Phi) is 7.08. The predicted molar refractivity (Wildman–Crippen MR) is 131 cm³/mol. The van der Waals surface area contributed by atoms with E-state index in [1.165, 1.54) is 0 Å². The number of esters is 1. The highest BCUT2D eigenvalue weighted by Gasteiger charge is 2.45. The van der Waals surface area contributed by atoms with Crippen LogP contribution < -0.4 is 9.47 Å². The number of methoxy groups -OCH3 is 2. The van der Waals surface area contributed by atoms with Crippen LogP contribution in [0, 0.1) is 5.92 Å². The molecule has 0 bridgehead atoms. The van der Waals surface area contributed by atoms with Crippen LogP contribution in [0.2, 0.25) is 5.02 Å².